The fourth-order valence-corrected chi connectivity index (χ4v) is 2.53. The fourth-order valence-electron chi connectivity index (χ4n) is 1.76. The Morgan fingerprint density at radius 2 is 2.17 bits per heavy atom. The van der Waals surface area contributed by atoms with Crippen molar-refractivity contribution in [2.24, 2.45) is 0 Å². The maximum Gasteiger partial charge on any atom is 0.289 e. The molecule has 2 aromatic rings. The molecule has 2 rings (SSSR count). The first-order valence-electron chi connectivity index (χ1n) is 5.76. The van der Waals surface area contributed by atoms with Gasteiger partial charge in [-0.25, -0.2) is 9.97 Å². The molecule has 0 aliphatic rings. The molecule has 0 fully saturated rings. The van der Waals surface area contributed by atoms with Crippen molar-refractivity contribution < 1.29 is 4.79 Å². The third-order valence-corrected chi connectivity index (χ3v) is 3.48. The number of amides is 1. The van der Waals surface area contributed by atoms with Crippen LogP contribution in [0.4, 0.5) is 5.82 Å². The second-order valence-electron chi connectivity index (χ2n) is 4.18. The van der Waals surface area contributed by atoms with E-state index in [0.29, 0.717) is 6.54 Å². The molecule has 1 N–H and O–H groups in total. The SMILES string of the molecule is CCNC(=O)c1nc(N(C)C)c2c(C)scc2n1. The van der Waals surface area contributed by atoms with Crippen LogP contribution < -0.4 is 10.2 Å². The maximum atomic E-state index is 11.8. The Hall–Kier alpha value is -1.69. The number of rotatable bonds is 3. The van der Waals surface area contributed by atoms with Crippen molar-refractivity contribution in [3.05, 3.63) is 16.1 Å². The molecule has 0 saturated heterocycles. The van der Waals surface area contributed by atoms with Crippen molar-refractivity contribution in [3.63, 3.8) is 0 Å². The van der Waals surface area contributed by atoms with Crippen molar-refractivity contribution in [1.29, 1.82) is 0 Å². The van der Waals surface area contributed by atoms with Crippen LogP contribution in [0.25, 0.3) is 10.9 Å². The van der Waals surface area contributed by atoms with E-state index in [-0.39, 0.29) is 11.7 Å². The van der Waals surface area contributed by atoms with Gasteiger partial charge in [0.15, 0.2) is 0 Å². The average Bonchev–Trinajstić information content (AvgIpc) is 2.70. The number of fused-ring (bicyclic) bond motifs is 1. The first kappa shape index (κ1) is 12.8. The molecule has 96 valence electrons. The highest BCUT2D eigenvalue weighted by molar-refractivity contribution is 7.11. The molecule has 0 bridgehead atoms. The molecule has 2 heterocycles. The van der Waals surface area contributed by atoms with Crippen LogP contribution in [0.5, 0.6) is 0 Å². The molecule has 6 heteroatoms. The van der Waals surface area contributed by atoms with E-state index in [1.165, 1.54) is 0 Å². The van der Waals surface area contributed by atoms with Gasteiger partial charge >= 0.3 is 0 Å². The number of hydrogen-bond donors (Lipinski definition) is 1. The highest BCUT2D eigenvalue weighted by Crippen LogP contribution is 2.30. The molecule has 0 aromatic carbocycles. The molecule has 18 heavy (non-hydrogen) atoms. The summed E-state index contributed by atoms with van der Waals surface area (Å²) in [6.07, 6.45) is 0. The third kappa shape index (κ3) is 2.15. The molecule has 0 radical (unpaired) electrons. The lowest BCUT2D eigenvalue weighted by atomic mass is 10.2. The minimum absolute atomic E-state index is 0.228. The Morgan fingerprint density at radius 1 is 1.44 bits per heavy atom. The lowest BCUT2D eigenvalue weighted by Crippen LogP contribution is -2.26. The van der Waals surface area contributed by atoms with Crippen molar-refractivity contribution in [2.45, 2.75) is 13.8 Å². The van der Waals surface area contributed by atoms with Gasteiger partial charge in [0.2, 0.25) is 5.82 Å². The quantitative estimate of drug-likeness (QED) is 0.918. The molecular formula is C12H16N4OS. The zero-order valence-electron chi connectivity index (χ0n) is 10.9. The summed E-state index contributed by atoms with van der Waals surface area (Å²) in [5.41, 5.74) is 0.831. The number of nitrogens with one attached hydrogen (secondary N) is 1. The third-order valence-electron chi connectivity index (χ3n) is 2.58. The molecule has 0 atom stereocenters. The molecule has 0 aliphatic heterocycles. The van der Waals surface area contributed by atoms with Gasteiger partial charge in [0.25, 0.3) is 5.91 Å². The van der Waals surface area contributed by atoms with E-state index in [1.54, 1.807) is 11.3 Å². The normalized spacial score (nSPS) is 10.7. The topological polar surface area (TPSA) is 58.1 Å². The summed E-state index contributed by atoms with van der Waals surface area (Å²) in [4.78, 5) is 23.6. The van der Waals surface area contributed by atoms with Gasteiger partial charge in [0.1, 0.15) is 5.82 Å². The van der Waals surface area contributed by atoms with Gasteiger partial charge < -0.3 is 10.2 Å². The zero-order valence-corrected chi connectivity index (χ0v) is 11.8. The van der Waals surface area contributed by atoms with Crippen LogP contribution in [0.2, 0.25) is 0 Å². The first-order valence-corrected chi connectivity index (χ1v) is 6.64. The lowest BCUT2D eigenvalue weighted by Gasteiger charge is -2.14. The van der Waals surface area contributed by atoms with E-state index in [9.17, 15) is 4.79 Å². The van der Waals surface area contributed by atoms with Crippen LogP contribution >= 0.6 is 11.3 Å². The number of carbonyl (C=O) groups excluding carboxylic acids is 1. The second-order valence-corrected chi connectivity index (χ2v) is 5.26. The molecule has 1 amide bonds. The van der Waals surface area contributed by atoms with E-state index in [1.807, 2.05) is 38.2 Å². The number of aryl methyl sites for hydroxylation is 1. The number of carbonyl (C=O) groups is 1. The maximum absolute atomic E-state index is 11.8. The van der Waals surface area contributed by atoms with Gasteiger partial charge in [0.05, 0.1) is 10.9 Å². The van der Waals surface area contributed by atoms with Crippen LogP contribution in [0, 0.1) is 6.92 Å². The van der Waals surface area contributed by atoms with Gasteiger partial charge in [-0.05, 0) is 13.8 Å². The van der Waals surface area contributed by atoms with Gasteiger partial charge in [-0.2, -0.15) is 0 Å². The molecular weight excluding hydrogens is 248 g/mol. The molecule has 5 nitrogen and oxygen atoms in total. The van der Waals surface area contributed by atoms with Crippen LogP contribution in [0.1, 0.15) is 22.4 Å². The van der Waals surface area contributed by atoms with Gasteiger partial charge in [-0.15, -0.1) is 11.3 Å². The Balaban J connectivity index is 2.62. The average molecular weight is 264 g/mol. The predicted octanol–water partition coefficient (Wildman–Crippen LogP) is 1.82. The second kappa shape index (κ2) is 4.89. The fraction of sp³-hybridized carbons (Fsp3) is 0.417. The highest BCUT2D eigenvalue weighted by Gasteiger charge is 2.16. The summed E-state index contributed by atoms with van der Waals surface area (Å²) in [5, 5.41) is 5.71. The number of aromatic nitrogens is 2. The molecule has 0 saturated carbocycles. The Labute approximate surface area is 110 Å². The molecule has 0 spiro atoms. The summed E-state index contributed by atoms with van der Waals surface area (Å²) >= 11 is 1.62. The Morgan fingerprint density at radius 3 is 2.78 bits per heavy atom. The van der Waals surface area contributed by atoms with Crippen molar-refractivity contribution >= 4 is 34.0 Å². The summed E-state index contributed by atoms with van der Waals surface area (Å²) in [6, 6.07) is 0. The summed E-state index contributed by atoms with van der Waals surface area (Å²) in [7, 11) is 3.83. The molecule has 0 unspecified atom stereocenters. The van der Waals surface area contributed by atoms with Gasteiger partial charge in [-0.3, -0.25) is 4.79 Å². The van der Waals surface area contributed by atoms with E-state index in [2.05, 4.69) is 15.3 Å². The number of thiophene rings is 1. The largest absolute Gasteiger partial charge is 0.362 e. The van der Waals surface area contributed by atoms with Crippen LogP contribution in [-0.4, -0.2) is 36.5 Å². The lowest BCUT2D eigenvalue weighted by molar-refractivity contribution is 0.0946. The monoisotopic (exact) mass is 264 g/mol. The molecule has 0 aliphatic carbocycles. The predicted molar refractivity (Wildman–Crippen MR) is 74.5 cm³/mol. The van der Waals surface area contributed by atoms with Crippen molar-refractivity contribution in [3.8, 4) is 0 Å². The van der Waals surface area contributed by atoms with E-state index in [0.717, 1.165) is 21.6 Å². The van der Waals surface area contributed by atoms with Crippen LogP contribution in [-0.2, 0) is 0 Å². The van der Waals surface area contributed by atoms with Crippen LogP contribution in [0.3, 0.4) is 0 Å². The van der Waals surface area contributed by atoms with Crippen molar-refractivity contribution in [1.82, 2.24) is 15.3 Å². The number of nitrogens with zero attached hydrogens (tertiary/aromatic N) is 3. The van der Waals surface area contributed by atoms with Gasteiger partial charge in [0, 0.05) is 30.9 Å². The Kier molecular flexibility index (Phi) is 3.47. The van der Waals surface area contributed by atoms with Crippen molar-refractivity contribution in [2.75, 3.05) is 25.5 Å². The van der Waals surface area contributed by atoms with Gasteiger partial charge in [-0.1, -0.05) is 0 Å². The minimum Gasteiger partial charge on any atom is -0.362 e. The number of hydrogen-bond acceptors (Lipinski definition) is 5. The highest BCUT2D eigenvalue weighted by atomic mass is 32.1. The van der Waals surface area contributed by atoms with E-state index in [4.69, 9.17) is 0 Å². The molecule has 2 aromatic heterocycles. The van der Waals surface area contributed by atoms with E-state index < -0.39 is 0 Å². The smallest absolute Gasteiger partial charge is 0.289 e. The first-order chi connectivity index (χ1) is 8.54. The zero-order chi connectivity index (χ0) is 13.3. The summed E-state index contributed by atoms with van der Waals surface area (Å²) in [6.45, 7) is 4.48. The standard InChI is InChI=1S/C12H16N4OS/c1-5-13-12(17)10-14-8-6-18-7(2)9(8)11(15-10)16(3)4/h6H,5H2,1-4H3,(H,13,17). The summed E-state index contributed by atoms with van der Waals surface area (Å²) < 4.78 is 0. The van der Waals surface area contributed by atoms with Crippen LogP contribution in [0.15, 0.2) is 5.38 Å². The summed E-state index contributed by atoms with van der Waals surface area (Å²) in [5.74, 6) is 0.789. The van der Waals surface area contributed by atoms with E-state index >= 15 is 0 Å². The minimum atomic E-state index is -0.230. The number of anilines is 1. The Bertz CT molecular complexity index is 591.